The van der Waals surface area contributed by atoms with E-state index in [9.17, 15) is 0 Å². The van der Waals surface area contributed by atoms with Crippen molar-refractivity contribution in [3.8, 4) is 11.5 Å². The molecular formula is C20H23N3O2. The highest BCUT2D eigenvalue weighted by molar-refractivity contribution is 5.91. The monoisotopic (exact) mass is 337 g/mol. The van der Waals surface area contributed by atoms with E-state index in [1.165, 1.54) is 5.56 Å². The van der Waals surface area contributed by atoms with E-state index < -0.39 is 0 Å². The molecule has 0 fully saturated rings. The Morgan fingerprint density at radius 3 is 2.44 bits per heavy atom. The van der Waals surface area contributed by atoms with Gasteiger partial charge < -0.3 is 14.8 Å². The lowest BCUT2D eigenvalue weighted by atomic mass is 10.1. The second-order valence-corrected chi connectivity index (χ2v) is 5.82. The van der Waals surface area contributed by atoms with Crippen LogP contribution in [0.25, 0.3) is 10.9 Å². The van der Waals surface area contributed by atoms with Crippen LogP contribution < -0.4 is 14.8 Å². The van der Waals surface area contributed by atoms with Gasteiger partial charge in [0.1, 0.15) is 12.1 Å². The smallest absolute Gasteiger partial charge is 0.162 e. The van der Waals surface area contributed by atoms with E-state index in [-0.39, 0.29) is 0 Å². The Balaban J connectivity index is 1.63. The Bertz CT molecular complexity index is 822. The fraction of sp³-hybridized carbons (Fsp3) is 0.300. The summed E-state index contributed by atoms with van der Waals surface area (Å²) in [5.74, 6) is 2.17. The van der Waals surface area contributed by atoms with Gasteiger partial charge in [-0.15, -0.1) is 0 Å². The van der Waals surface area contributed by atoms with Crippen molar-refractivity contribution in [3.63, 3.8) is 0 Å². The molecule has 0 aliphatic heterocycles. The Labute approximate surface area is 148 Å². The van der Waals surface area contributed by atoms with Crippen LogP contribution in [0.1, 0.15) is 18.4 Å². The van der Waals surface area contributed by atoms with E-state index in [1.54, 1.807) is 20.5 Å². The zero-order valence-electron chi connectivity index (χ0n) is 14.7. The quantitative estimate of drug-likeness (QED) is 0.628. The number of aryl methyl sites for hydroxylation is 1. The van der Waals surface area contributed by atoms with Crippen LogP contribution in [0.2, 0.25) is 0 Å². The minimum Gasteiger partial charge on any atom is -0.493 e. The molecule has 0 atom stereocenters. The molecule has 0 spiro atoms. The van der Waals surface area contributed by atoms with Gasteiger partial charge in [0.2, 0.25) is 0 Å². The van der Waals surface area contributed by atoms with Gasteiger partial charge in [-0.1, -0.05) is 30.3 Å². The van der Waals surface area contributed by atoms with Crippen LogP contribution in [0.4, 0.5) is 5.82 Å². The summed E-state index contributed by atoms with van der Waals surface area (Å²) in [6.45, 7) is 0.868. The normalized spacial score (nSPS) is 10.6. The molecule has 0 bridgehead atoms. The summed E-state index contributed by atoms with van der Waals surface area (Å²) in [6, 6.07) is 14.4. The van der Waals surface area contributed by atoms with Crippen LogP contribution in [0.5, 0.6) is 11.5 Å². The molecule has 0 unspecified atom stereocenters. The molecule has 5 nitrogen and oxygen atoms in total. The number of nitrogens with one attached hydrogen (secondary N) is 1. The molecule has 130 valence electrons. The molecule has 0 aliphatic rings. The number of aromatic nitrogens is 2. The van der Waals surface area contributed by atoms with Gasteiger partial charge in [0.25, 0.3) is 0 Å². The molecule has 1 N–H and O–H groups in total. The average molecular weight is 337 g/mol. The van der Waals surface area contributed by atoms with E-state index in [0.717, 1.165) is 42.5 Å². The van der Waals surface area contributed by atoms with Crippen LogP contribution in [0.15, 0.2) is 48.8 Å². The zero-order chi connectivity index (χ0) is 17.5. The number of rotatable bonds is 8. The molecule has 1 aromatic heterocycles. The lowest BCUT2D eigenvalue weighted by Crippen LogP contribution is -2.05. The van der Waals surface area contributed by atoms with Gasteiger partial charge in [-0.05, 0) is 30.9 Å². The summed E-state index contributed by atoms with van der Waals surface area (Å²) >= 11 is 0. The molecule has 5 heteroatoms. The van der Waals surface area contributed by atoms with Gasteiger partial charge in [-0.3, -0.25) is 0 Å². The highest BCUT2D eigenvalue weighted by Crippen LogP contribution is 2.33. The van der Waals surface area contributed by atoms with Gasteiger partial charge in [0.15, 0.2) is 11.5 Å². The number of benzene rings is 2. The van der Waals surface area contributed by atoms with Crippen molar-refractivity contribution >= 4 is 16.7 Å². The van der Waals surface area contributed by atoms with Crippen LogP contribution in [-0.4, -0.2) is 30.7 Å². The van der Waals surface area contributed by atoms with Gasteiger partial charge in [0, 0.05) is 18.0 Å². The number of unbranched alkanes of at least 4 members (excludes halogenated alkanes) is 1. The van der Waals surface area contributed by atoms with Crippen molar-refractivity contribution in [2.45, 2.75) is 19.3 Å². The summed E-state index contributed by atoms with van der Waals surface area (Å²) in [4.78, 5) is 8.70. The number of hydrogen-bond acceptors (Lipinski definition) is 5. The maximum Gasteiger partial charge on any atom is 0.162 e. The van der Waals surface area contributed by atoms with Crippen LogP contribution in [-0.2, 0) is 6.42 Å². The summed E-state index contributed by atoms with van der Waals surface area (Å²) in [7, 11) is 3.25. The maximum absolute atomic E-state index is 5.38. The topological polar surface area (TPSA) is 56.3 Å². The summed E-state index contributed by atoms with van der Waals surface area (Å²) in [5, 5.41) is 4.35. The second kappa shape index (κ2) is 8.33. The molecule has 0 radical (unpaired) electrons. The SMILES string of the molecule is COc1cc2ncnc(NCCCCc3ccccc3)c2cc1OC. The van der Waals surface area contributed by atoms with Gasteiger partial charge in [0.05, 0.1) is 19.7 Å². The largest absolute Gasteiger partial charge is 0.493 e. The molecule has 3 rings (SSSR count). The first-order chi connectivity index (χ1) is 12.3. The van der Waals surface area contributed by atoms with Crippen molar-refractivity contribution in [1.82, 2.24) is 9.97 Å². The minimum atomic E-state index is 0.669. The number of fused-ring (bicyclic) bond motifs is 1. The van der Waals surface area contributed by atoms with Crippen molar-refractivity contribution in [3.05, 3.63) is 54.4 Å². The number of nitrogens with zero attached hydrogens (tertiary/aromatic N) is 2. The van der Waals surface area contributed by atoms with Crippen LogP contribution >= 0.6 is 0 Å². The van der Waals surface area contributed by atoms with Crippen LogP contribution in [0, 0.1) is 0 Å². The number of methoxy groups -OCH3 is 2. The lowest BCUT2D eigenvalue weighted by Gasteiger charge is -2.12. The van der Waals surface area contributed by atoms with Crippen molar-refractivity contribution < 1.29 is 9.47 Å². The average Bonchev–Trinajstić information content (AvgIpc) is 2.67. The second-order valence-electron chi connectivity index (χ2n) is 5.82. The Morgan fingerprint density at radius 1 is 0.920 bits per heavy atom. The fourth-order valence-corrected chi connectivity index (χ4v) is 2.83. The fourth-order valence-electron chi connectivity index (χ4n) is 2.83. The van der Waals surface area contributed by atoms with E-state index >= 15 is 0 Å². The molecule has 2 aromatic carbocycles. The highest BCUT2D eigenvalue weighted by atomic mass is 16.5. The highest BCUT2D eigenvalue weighted by Gasteiger charge is 2.10. The molecule has 3 aromatic rings. The maximum atomic E-state index is 5.38. The lowest BCUT2D eigenvalue weighted by molar-refractivity contribution is 0.356. The first-order valence-corrected chi connectivity index (χ1v) is 8.46. The standard InChI is InChI=1S/C20H23N3O2/c1-24-18-12-16-17(13-19(18)25-2)22-14-23-20(16)21-11-7-6-10-15-8-4-3-5-9-15/h3-5,8-9,12-14H,6-7,10-11H2,1-2H3,(H,21,22,23). The molecule has 0 saturated carbocycles. The summed E-state index contributed by atoms with van der Waals surface area (Å²) in [6.07, 6.45) is 4.88. The van der Waals surface area contributed by atoms with Crippen LogP contribution in [0.3, 0.4) is 0 Å². The van der Waals surface area contributed by atoms with Crippen molar-refractivity contribution in [1.29, 1.82) is 0 Å². The van der Waals surface area contributed by atoms with E-state index in [4.69, 9.17) is 9.47 Å². The first kappa shape index (κ1) is 17.0. The Hall–Kier alpha value is -2.82. The number of anilines is 1. The number of hydrogen-bond donors (Lipinski definition) is 1. The summed E-state index contributed by atoms with van der Waals surface area (Å²) < 4.78 is 10.7. The molecule has 25 heavy (non-hydrogen) atoms. The molecule has 0 saturated heterocycles. The molecular weight excluding hydrogens is 314 g/mol. The Kier molecular flexibility index (Phi) is 5.67. The summed E-state index contributed by atoms with van der Waals surface area (Å²) in [5.41, 5.74) is 2.21. The van der Waals surface area contributed by atoms with E-state index in [0.29, 0.717) is 11.5 Å². The third-order valence-corrected chi connectivity index (χ3v) is 4.17. The molecule has 1 heterocycles. The van der Waals surface area contributed by atoms with E-state index in [2.05, 4.69) is 45.6 Å². The third kappa shape index (κ3) is 4.18. The van der Waals surface area contributed by atoms with Gasteiger partial charge in [-0.2, -0.15) is 0 Å². The minimum absolute atomic E-state index is 0.669. The first-order valence-electron chi connectivity index (χ1n) is 8.46. The van der Waals surface area contributed by atoms with Gasteiger partial charge >= 0.3 is 0 Å². The Morgan fingerprint density at radius 2 is 1.68 bits per heavy atom. The zero-order valence-corrected chi connectivity index (χ0v) is 14.7. The van der Waals surface area contributed by atoms with Gasteiger partial charge in [-0.25, -0.2) is 9.97 Å². The van der Waals surface area contributed by atoms with Crippen molar-refractivity contribution in [2.24, 2.45) is 0 Å². The van der Waals surface area contributed by atoms with Crippen molar-refractivity contribution in [2.75, 3.05) is 26.1 Å². The predicted molar refractivity (Wildman–Crippen MR) is 101 cm³/mol. The van der Waals surface area contributed by atoms with E-state index in [1.807, 2.05) is 12.1 Å². The molecule has 0 aliphatic carbocycles. The molecule has 0 amide bonds. The predicted octanol–water partition coefficient (Wildman–Crippen LogP) is 4.08. The third-order valence-electron chi connectivity index (χ3n) is 4.17. The number of ether oxygens (including phenoxy) is 2.